The lowest BCUT2D eigenvalue weighted by atomic mass is 10.0. The van der Waals surface area contributed by atoms with Gasteiger partial charge in [0, 0.05) is 6.54 Å². The zero-order chi connectivity index (χ0) is 26.0. The number of alkyl carbamates (subject to hydrolysis) is 1. The Labute approximate surface area is 206 Å². The quantitative estimate of drug-likeness (QED) is 0.532. The summed E-state index contributed by atoms with van der Waals surface area (Å²) in [6.45, 7) is 10.3. The molecule has 0 saturated heterocycles. The fraction of sp³-hybridized carbons (Fsp3) is 0.333. The number of nitrogens with zero attached hydrogens (tertiary/aromatic N) is 2. The zero-order valence-corrected chi connectivity index (χ0v) is 20.6. The molecule has 0 aromatic heterocycles. The molecule has 0 aliphatic heterocycles. The molecule has 2 unspecified atom stereocenters. The summed E-state index contributed by atoms with van der Waals surface area (Å²) in [5.41, 5.74) is 1.41. The molecule has 0 saturated carbocycles. The van der Waals surface area contributed by atoms with E-state index in [4.69, 9.17) is 4.74 Å². The fourth-order valence-electron chi connectivity index (χ4n) is 3.38. The first kappa shape index (κ1) is 27.1. The van der Waals surface area contributed by atoms with Crippen LogP contribution in [-0.4, -0.2) is 41.0 Å². The second-order valence-corrected chi connectivity index (χ2v) is 8.97. The first-order chi connectivity index (χ1) is 16.6. The van der Waals surface area contributed by atoms with Gasteiger partial charge in [0.15, 0.2) is 0 Å². The maximum absolute atomic E-state index is 13.4. The third-order valence-electron chi connectivity index (χ3n) is 4.96. The molecule has 2 rings (SSSR count). The van der Waals surface area contributed by atoms with Gasteiger partial charge in [-0.15, -0.1) is 0 Å². The van der Waals surface area contributed by atoms with E-state index in [1.54, 1.807) is 45.0 Å². The molecule has 2 aromatic carbocycles. The Kier molecular flexibility index (Phi) is 9.59. The van der Waals surface area contributed by atoms with E-state index in [1.807, 2.05) is 42.5 Å². The lowest BCUT2D eigenvalue weighted by molar-refractivity contribution is -0.141. The molecule has 0 bridgehead atoms. The van der Waals surface area contributed by atoms with Crippen LogP contribution in [0.4, 0.5) is 4.79 Å². The number of benzene rings is 2. The van der Waals surface area contributed by atoms with E-state index in [0.717, 1.165) is 16.0 Å². The minimum absolute atomic E-state index is 0.248. The molecule has 3 amide bonds. The van der Waals surface area contributed by atoms with Crippen molar-refractivity contribution in [3.05, 3.63) is 77.9 Å². The molecule has 0 spiro atoms. The normalized spacial score (nSPS) is 12.4. The number of carbonyl (C=O) groups excluding carboxylic acids is 3. The lowest BCUT2D eigenvalue weighted by Crippen LogP contribution is -2.52. The topological polar surface area (TPSA) is 112 Å². The second kappa shape index (κ2) is 12.4. The highest BCUT2D eigenvalue weighted by Gasteiger charge is 2.34. The molecule has 2 atom stereocenters. The van der Waals surface area contributed by atoms with E-state index in [2.05, 4.69) is 17.2 Å². The summed E-state index contributed by atoms with van der Waals surface area (Å²) in [4.78, 5) is 40.2. The van der Waals surface area contributed by atoms with Crippen LogP contribution in [0.1, 0.15) is 50.4 Å². The van der Waals surface area contributed by atoms with Crippen LogP contribution in [0.25, 0.3) is 6.08 Å². The summed E-state index contributed by atoms with van der Waals surface area (Å²) in [7, 11) is 0. The summed E-state index contributed by atoms with van der Waals surface area (Å²) in [6.07, 6.45) is 0.861. The van der Waals surface area contributed by atoms with E-state index in [1.165, 1.54) is 6.92 Å². The van der Waals surface area contributed by atoms with Crippen molar-refractivity contribution in [1.82, 2.24) is 15.5 Å². The molecule has 8 heteroatoms. The van der Waals surface area contributed by atoms with E-state index < -0.39 is 35.6 Å². The summed E-state index contributed by atoms with van der Waals surface area (Å²) in [6, 6.07) is 16.2. The Bertz CT molecular complexity index is 1090. The van der Waals surface area contributed by atoms with Crippen molar-refractivity contribution in [2.45, 2.75) is 51.9 Å². The number of amides is 3. The molecular weight excluding hydrogens is 444 g/mol. The van der Waals surface area contributed by atoms with Gasteiger partial charge < -0.3 is 20.3 Å². The second-order valence-electron chi connectivity index (χ2n) is 8.97. The van der Waals surface area contributed by atoms with E-state index >= 15 is 0 Å². The fourth-order valence-corrected chi connectivity index (χ4v) is 3.38. The number of hydrogen-bond acceptors (Lipinski definition) is 5. The number of carbonyl (C=O) groups is 3. The Balaban J connectivity index is 2.36. The average Bonchev–Trinajstić information content (AvgIpc) is 2.81. The van der Waals surface area contributed by atoms with E-state index in [0.29, 0.717) is 5.56 Å². The molecule has 2 aromatic rings. The summed E-state index contributed by atoms with van der Waals surface area (Å²) < 4.78 is 5.23. The highest BCUT2D eigenvalue weighted by atomic mass is 16.6. The third-order valence-corrected chi connectivity index (χ3v) is 4.96. The Morgan fingerprint density at radius 3 is 2.43 bits per heavy atom. The van der Waals surface area contributed by atoms with Gasteiger partial charge in [-0.3, -0.25) is 9.59 Å². The van der Waals surface area contributed by atoms with Crippen LogP contribution in [-0.2, 0) is 20.9 Å². The number of ether oxygens (including phenoxy) is 1. The first-order valence-electron chi connectivity index (χ1n) is 11.3. The highest BCUT2D eigenvalue weighted by Crippen LogP contribution is 2.24. The lowest BCUT2D eigenvalue weighted by Gasteiger charge is -2.32. The van der Waals surface area contributed by atoms with Gasteiger partial charge in [0.1, 0.15) is 24.2 Å². The molecule has 0 radical (unpaired) electrons. The molecule has 184 valence electrons. The van der Waals surface area contributed by atoms with Crippen molar-refractivity contribution in [3.63, 3.8) is 0 Å². The Morgan fingerprint density at radius 1 is 1.14 bits per heavy atom. The van der Waals surface area contributed by atoms with Crippen LogP contribution in [0.3, 0.4) is 0 Å². The van der Waals surface area contributed by atoms with Crippen LogP contribution in [0.2, 0.25) is 0 Å². The van der Waals surface area contributed by atoms with Crippen LogP contribution < -0.4 is 10.6 Å². The maximum Gasteiger partial charge on any atom is 0.408 e. The number of nitriles is 1. The van der Waals surface area contributed by atoms with Crippen molar-refractivity contribution in [2.24, 2.45) is 0 Å². The van der Waals surface area contributed by atoms with Gasteiger partial charge in [0.2, 0.25) is 11.8 Å². The number of hydrogen-bond donors (Lipinski definition) is 2. The molecule has 0 heterocycles. The van der Waals surface area contributed by atoms with Crippen molar-refractivity contribution in [1.29, 1.82) is 5.26 Å². The molecule has 0 aliphatic carbocycles. The molecule has 0 fully saturated rings. The summed E-state index contributed by atoms with van der Waals surface area (Å²) in [5.74, 6) is -1.05. The van der Waals surface area contributed by atoms with Gasteiger partial charge in [-0.05, 0) is 50.5 Å². The van der Waals surface area contributed by atoms with Crippen LogP contribution in [0, 0.1) is 11.3 Å². The smallest absolute Gasteiger partial charge is 0.408 e. The van der Waals surface area contributed by atoms with Crippen molar-refractivity contribution in [2.75, 3.05) is 6.54 Å². The maximum atomic E-state index is 13.4. The third kappa shape index (κ3) is 8.31. The highest BCUT2D eigenvalue weighted by molar-refractivity contribution is 5.92. The number of rotatable bonds is 9. The minimum atomic E-state index is -1.10. The van der Waals surface area contributed by atoms with Crippen molar-refractivity contribution < 1.29 is 19.1 Å². The summed E-state index contributed by atoms with van der Waals surface area (Å²) in [5, 5.41) is 14.8. The largest absolute Gasteiger partial charge is 0.444 e. The Hall–Kier alpha value is -4.12. The average molecular weight is 477 g/mol. The van der Waals surface area contributed by atoms with Gasteiger partial charge in [-0.1, -0.05) is 61.2 Å². The number of nitrogens with one attached hydrogen (secondary N) is 2. The van der Waals surface area contributed by atoms with Gasteiger partial charge >= 0.3 is 6.09 Å². The minimum Gasteiger partial charge on any atom is -0.444 e. The molecule has 2 N–H and O–H groups in total. The van der Waals surface area contributed by atoms with Crippen LogP contribution in [0.15, 0.2) is 61.2 Å². The van der Waals surface area contributed by atoms with Crippen LogP contribution >= 0.6 is 0 Å². The summed E-state index contributed by atoms with van der Waals surface area (Å²) >= 11 is 0. The van der Waals surface area contributed by atoms with Crippen molar-refractivity contribution in [3.8, 4) is 6.07 Å². The first-order valence-corrected chi connectivity index (χ1v) is 11.3. The Morgan fingerprint density at radius 2 is 1.83 bits per heavy atom. The van der Waals surface area contributed by atoms with Gasteiger partial charge in [-0.25, -0.2) is 4.79 Å². The predicted molar refractivity (Wildman–Crippen MR) is 134 cm³/mol. The van der Waals surface area contributed by atoms with Gasteiger partial charge in [0.25, 0.3) is 0 Å². The van der Waals surface area contributed by atoms with Gasteiger partial charge in [0.05, 0.1) is 6.07 Å². The standard InChI is InChI=1S/C27H32N4O4/c1-6-20-13-10-14-22(17-20)23(24(32)29-18-21-11-8-7-9-12-21)31(16-15-28)25(33)19(2)30-26(34)35-27(3,4)5/h6-14,17,19,23H,1,16,18H2,2-5H3,(H,29,32)(H,30,34). The molecule has 35 heavy (non-hydrogen) atoms. The molecule has 0 aliphatic rings. The molecule has 8 nitrogen and oxygen atoms in total. The predicted octanol–water partition coefficient (Wildman–Crippen LogP) is 3.95. The SMILES string of the molecule is C=Cc1cccc(C(C(=O)NCc2ccccc2)N(CC#N)C(=O)C(C)NC(=O)OC(C)(C)C)c1. The van der Waals surface area contributed by atoms with E-state index in [-0.39, 0.29) is 13.1 Å². The van der Waals surface area contributed by atoms with Gasteiger partial charge in [-0.2, -0.15) is 5.26 Å². The van der Waals surface area contributed by atoms with Crippen LogP contribution in [0.5, 0.6) is 0 Å². The zero-order valence-electron chi connectivity index (χ0n) is 20.6. The van der Waals surface area contributed by atoms with Crippen molar-refractivity contribution >= 4 is 24.0 Å². The monoisotopic (exact) mass is 476 g/mol. The van der Waals surface area contributed by atoms with E-state index in [9.17, 15) is 19.6 Å². The molecular formula is C27H32N4O4.